The Morgan fingerprint density at radius 2 is 2.18 bits per heavy atom. The van der Waals surface area contributed by atoms with E-state index in [0.29, 0.717) is 12.5 Å². The van der Waals surface area contributed by atoms with Crippen molar-refractivity contribution in [1.82, 2.24) is 10.4 Å². The van der Waals surface area contributed by atoms with Crippen molar-refractivity contribution in [3.05, 3.63) is 29.6 Å². The van der Waals surface area contributed by atoms with Crippen LogP contribution >= 0.6 is 0 Å². The SMILES string of the molecule is CCOC(C(C)C)C(NN)c1cnccc1C. The summed E-state index contributed by atoms with van der Waals surface area (Å²) >= 11 is 0. The summed E-state index contributed by atoms with van der Waals surface area (Å²) in [6, 6.07) is 1.96. The molecule has 0 aliphatic carbocycles. The zero-order valence-electron chi connectivity index (χ0n) is 11.1. The number of rotatable bonds is 6. The van der Waals surface area contributed by atoms with Crippen LogP contribution in [0.1, 0.15) is 37.9 Å². The highest BCUT2D eigenvalue weighted by molar-refractivity contribution is 5.26. The second kappa shape index (κ2) is 6.69. The smallest absolute Gasteiger partial charge is 0.0806 e. The van der Waals surface area contributed by atoms with Crippen LogP contribution in [0.15, 0.2) is 18.5 Å². The lowest BCUT2D eigenvalue weighted by molar-refractivity contribution is 0.00255. The highest BCUT2D eigenvalue weighted by atomic mass is 16.5. The van der Waals surface area contributed by atoms with Crippen molar-refractivity contribution >= 4 is 0 Å². The van der Waals surface area contributed by atoms with E-state index >= 15 is 0 Å². The predicted octanol–water partition coefficient (Wildman–Crippen LogP) is 1.96. The third-order valence-corrected chi connectivity index (χ3v) is 2.94. The van der Waals surface area contributed by atoms with Crippen LogP contribution in [0.25, 0.3) is 0 Å². The summed E-state index contributed by atoms with van der Waals surface area (Å²) in [5.41, 5.74) is 5.13. The molecule has 1 aromatic rings. The Balaban J connectivity index is 3.00. The molecule has 0 saturated heterocycles. The first kappa shape index (κ1) is 14.1. The Bertz CT molecular complexity index is 341. The van der Waals surface area contributed by atoms with E-state index in [4.69, 9.17) is 10.6 Å². The van der Waals surface area contributed by atoms with Gasteiger partial charge in [0.2, 0.25) is 0 Å². The molecule has 0 spiro atoms. The van der Waals surface area contributed by atoms with Gasteiger partial charge in [-0.3, -0.25) is 16.3 Å². The minimum Gasteiger partial charge on any atom is -0.376 e. The summed E-state index contributed by atoms with van der Waals surface area (Å²) in [6.07, 6.45) is 3.69. The van der Waals surface area contributed by atoms with Gasteiger partial charge in [0.25, 0.3) is 0 Å². The lowest BCUT2D eigenvalue weighted by Gasteiger charge is -2.30. The zero-order valence-corrected chi connectivity index (χ0v) is 11.1. The van der Waals surface area contributed by atoms with E-state index in [2.05, 4.69) is 31.2 Å². The molecule has 1 aromatic heterocycles. The lowest BCUT2D eigenvalue weighted by atomic mass is 9.92. The molecule has 0 aliphatic heterocycles. The molecular formula is C13H23N3O. The average Bonchev–Trinajstić information content (AvgIpc) is 2.31. The Labute approximate surface area is 104 Å². The fraction of sp³-hybridized carbons (Fsp3) is 0.615. The molecule has 0 radical (unpaired) electrons. The van der Waals surface area contributed by atoms with Gasteiger partial charge in [0.05, 0.1) is 12.1 Å². The van der Waals surface area contributed by atoms with Crippen LogP contribution in [0.5, 0.6) is 0 Å². The number of aryl methyl sites for hydroxylation is 1. The number of nitrogens with two attached hydrogens (primary N) is 1. The van der Waals surface area contributed by atoms with Crippen molar-refractivity contribution in [2.24, 2.45) is 11.8 Å². The first-order valence-corrected chi connectivity index (χ1v) is 6.10. The molecule has 0 amide bonds. The van der Waals surface area contributed by atoms with Gasteiger partial charge in [0, 0.05) is 19.0 Å². The van der Waals surface area contributed by atoms with Crippen LogP contribution in [0, 0.1) is 12.8 Å². The highest BCUT2D eigenvalue weighted by Gasteiger charge is 2.26. The van der Waals surface area contributed by atoms with Crippen molar-refractivity contribution in [2.45, 2.75) is 39.8 Å². The Morgan fingerprint density at radius 3 is 2.65 bits per heavy atom. The van der Waals surface area contributed by atoms with Gasteiger partial charge >= 0.3 is 0 Å². The molecule has 2 unspecified atom stereocenters. The van der Waals surface area contributed by atoms with Crippen LogP contribution in [0.4, 0.5) is 0 Å². The minimum atomic E-state index is -0.0244. The van der Waals surface area contributed by atoms with Crippen molar-refractivity contribution in [1.29, 1.82) is 0 Å². The molecular weight excluding hydrogens is 214 g/mol. The minimum absolute atomic E-state index is 0.0244. The third-order valence-electron chi connectivity index (χ3n) is 2.94. The molecule has 0 aliphatic rings. The summed E-state index contributed by atoms with van der Waals surface area (Å²) in [6.45, 7) is 9.01. The summed E-state index contributed by atoms with van der Waals surface area (Å²) in [5, 5.41) is 0. The molecule has 4 nitrogen and oxygen atoms in total. The Morgan fingerprint density at radius 1 is 1.47 bits per heavy atom. The van der Waals surface area contributed by atoms with E-state index < -0.39 is 0 Å². The Kier molecular flexibility index (Phi) is 5.55. The maximum Gasteiger partial charge on any atom is 0.0806 e. The number of nitrogens with one attached hydrogen (secondary N) is 1. The molecule has 96 valence electrons. The number of aromatic nitrogens is 1. The molecule has 2 atom stereocenters. The van der Waals surface area contributed by atoms with E-state index in [1.165, 1.54) is 5.56 Å². The van der Waals surface area contributed by atoms with Crippen LogP contribution in [-0.2, 0) is 4.74 Å². The first-order chi connectivity index (χ1) is 8.11. The van der Waals surface area contributed by atoms with Gasteiger partial charge in [0.1, 0.15) is 0 Å². The second-order valence-electron chi connectivity index (χ2n) is 4.54. The standard InChI is InChI=1S/C13H23N3O/c1-5-17-13(9(2)3)12(16-14)11-8-15-7-6-10(11)4/h6-9,12-13,16H,5,14H2,1-4H3. The lowest BCUT2D eigenvalue weighted by Crippen LogP contribution is -2.41. The van der Waals surface area contributed by atoms with Gasteiger partial charge in [-0.2, -0.15) is 0 Å². The quantitative estimate of drug-likeness (QED) is 0.586. The molecule has 0 saturated carbocycles. The van der Waals surface area contributed by atoms with Crippen molar-refractivity contribution in [2.75, 3.05) is 6.61 Å². The summed E-state index contributed by atoms with van der Waals surface area (Å²) in [7, 11) is 0. The molecule has 1 rings (SSSR count). The number of hydrogen-bond acceptors (Lipinski definition) is 4. The van der Waals surface area contributed by atoms with E-state index in [0.717, 1.165) is 5.56 Å². The number of nitrogens with zero attached hydrogens (tertiary/aromatic N) is 1. The topological polar surface area (TPSA) is 60.2 Å². The van der Waals surface area contributed by atoms with Crippen LogP contribution in [0.2, 0.25) is 0 Å². The van der Waals surface area contributed by atoms with Gasteiger partial charge in [-0.25, -0.2) is 0 Å². The monoisotopic (exact) mass is 237 g/mol. The number of hydrogen-bond donors (Lipinski definition) is 2. The van der Waals surface area contributed by atoms with Crippen molar-refractivity contribution in [3.63, 3.8) is 0 Å². The van der Waals surface area contributed by atoms with Gasteiger partial charge in [-0.1, -0.05) is 13.8 Å². The van der Waals surface area contributed by atoms with Gasteiger partial charge in [-0.15, -0.1) is 0 Å². The molecule has 0 aromatic carbocycles. The molecule has 17 heavy (non-hydrogen) atoms. The molecule has 1 heterocycles. The average molecular weight is 237 g/mol. The summed E-state index contributed by atoms with van der Waals surface area (Å²) in [5.74, 6) is 6.07. The summed E-state index contributed by atoms with van der Waals surface area (Å²) in [4.78, 5) is 4.17. The van der Waals surface area contributed by atoms with Gasteiger partial charge in [0.15, 0.2) is 0 Å². The third kappa shape index (κ3) is 3.49. The first-order valence-electron chi connectivity index (χ1n) is 6.10. The van der Waals surface area contributed by atoms with Crippen molar-refractivity contribution < 1.29 is 4.74 Å². The van der Waals surface area contributed by atoms with E-state index in [-0.39, 0.29) is 12.1 Å². The normalized spacial score (nSPS) is 14.9. The van der Waals surface area contributed by atoms with E-state index in [1.54, 1.807) is 6.20 Å². The number of ether oxygens (including phenoxy) is 1. The molecule has 0 bridgehead atoms. The van der Waals surface area contributed by atoms with Gasteiger partial charge < -0.3 is 4.74 Å². The number of pyridine rings is 1. The van der Waals surface area contributed by atoms with E-state index in [1.807, 2.05) is 19.2 Å². The summed E-state index contributed by atoms with van der Waals surface area (Å²) < 4.78 is 5.80. The Hall–Kier alpha value is -0.970. The van der Waals surface area contributed by atoms with Crippen LogP contribution in [0.3, 0.4) is 0 Å². The fourth-order valence-electron chi connectivity index (χ4n) is 2.03. The highest BCUT2D eigenvalue weighted by Crippen LogP contribution is 2.25. The largest absolute Gasteiger partial charge is 0.376 e. The maximum atomic E-state index is 5.80. The van der Waals surface area contributed by atoms with Crippen LogP contribution in [-0.4, -0.2) is 17.7 Å². The predicted molar refractivity (Wildman–Crippen MR) is 69.3 cm³/mol. The molecule has 0 fully saturated rings. The van der Waals surface area contributed by atoms with Crippen LogP contribution < -0.4 is 11.3 Å². The second-order valence-corrected chi connectivity index (χ2v) is 4.54. The van der Waals surface area contributed by atoms with Gasteiger partial charge in [-0.05, 0) is 37.0 Å². The van der Waals surface area contributed by atoms with Crippen molar-refractivity contribution in [3.8, 4) is 0 Å². The molecule has 4 heteroatoms. The zero-order chi connectivity index (χ0) is 12.8. The molecule has 3 N–H and O–H groups in total. The maximum absolute atomic E-state index is 5.80. The fourth-order valence-corrected chi connectivity index (χ4v) is 2.03. The van der Waals surface area contributed by atoms with E-state index in [9.17, 15) is 0 Å². The number of hydrazine groups is 1.